The third-order valence-corrected chi connectivity index (χ3v) is 6.64. The summed E-state index contributed by atoms with van der Waals surface area (Å²) < 4.78 is 5.83. The topological polar surface area (TPSA) is 84.7 Å². The molecule has 1 aromatic carbocycles. The van der Waals surface area contributed by atoms with Crippen LogP contribution in [-0.2, 0) is 20.7 Å². The average Bonchev–Trinajstić information content (AvgIpc) is 3.23. The summed E-state index contributed by atoms with van der Waals surface area (Å²) in [6.45, 7) is 1.15. The van der Waals surface area contributed by atoms with Crippen molar-refractivity contribution in [2.75, 3.05) is 23.3 Å². The van der Waals surface area contributed by atoms with Crippen LogP contribution >= 0.6 is 0 Å². The summed E-state index contributed by atoms with van der Waals surface area (Å²) in [5.41, 5.74) is 8.53. The highest BCUT2D eigenvalue weighted by Gasteiger charge is 2.35. The number of carbonyl (C=O) groups is 2. The number of amides is 2. The lowest BCUT2D eigenvalue weighted by Crippen LogP contribution is -2.42. The highest BCUT2D eigenvalue weighted by atomic mass is 16.5. The zero-order chi connectivity index (χ0) is 20.2. The fourth-order valence-corrected chi connectivity index (χ4v) is 5.06. The molecular formula is C23H33N3O3. The second-order valence-corrected chi connectivity index (χ2v) is 8.71. The molecule has 6 nitrogen and oxygen atoms in total. The molecule has 1 aromatic rings. The first-order valence-electron chi connectivity index (χ1n) is 11.2. The molecule has 1 aliphatic carbocycles. The molecule has 2 aliphatic heterocycles. The Labute approximate surface area is 173 Å². The van der Waals surface area contributed by atoms with Gasteiger partial charge >= 0.3 is 0 Å². The van der Waals surface area contributed by atoms with E-state index < -0.39 is 6.10 Å². The van der Waals surface area contributed by atoms with E-state index in [-0.39, 0.29) is 17.9 Å². The van der Waals surface area contributed by atoms with E-state index in [0.717, 1.165) is 55.5 Å². The van der Waals surface area contributed by atoms with Crippen LogP contribution in [0.15, 0.2) is 18.2 Å². The fraction of sp³-hybridized carbons (Fsp3) is 0.652. The molecule has 6 heteroatoms. The lowest BCUT2D eigenvalue weighted by Gasteiger charge is -2.32. The molecule has 0 spiro atoms. The van der Waals surface area contributed by atoms with Crippen LogP contribution < -0.4 is 16.0 Å². The van der Waals surface area contributed by atoms with E-state index in [1.165, 1.54) is 19.3 Å². The van der Waals surface area contributed by atoms with E-state index in [2.05, 4.69) is 5.32 Å². The van der Waals surface area contributed by atoms with Crippen LogP contribution in [0.3, 0.4) is 0 Å². The van der Waals surface area contributed by atoms with Gasteiger partial charge in [-0.2, -0.15) is 0 Å². The summed E-state index contributed by atoms with van der Waals surface area (Å²) in [5, 5.41) is 3.14. The number of nitrogens with zero attached hydrogens (tertiary/aromatic N) is 1. The number of anilines is 2. The van der Waals surface area contributed by atoms with Gasteiger partial charge in [0.05, 0.1) is 6.10 Å². The Morgan fingerprint density at radius 2 is 1.93 bits per heavy atom. The molecule has 2 fully saturated rings. The molecule has 0 aromatic heterocycles. The summed E-state index contributed by atoms with van der Waals surface area (Å²) >= 11 is 0. The summed E-state index contributed by atoms with van der Waals surface area (Å²) in [7, 11) is 0. The molecule has 3 N–H and O–H groups in total. The zero-order valence-electron chi connectivity index (χ0n) is 17.2. The molecule has 2 heterocycles. The van der Waals surface area contributed by atoms with Crippen molar-refractivity contribution < 1.29 is 14.3 Å². The highest BCUT2D eigenvalue weighted by Crippen LogP contribution is 2.35. The Kier molecular flexibility index (Phi) is 6.50. The van der Waals surface area contributed by atoms with Gasteiger partial charge in [0, 0.05) is 30.9 Å². The van der Waals surface area contributed by atoms with Crippen molar-refractivity contribution in [2.24, 2.45) is 11.7 Å². The number of hydrogen-bond donors (Lipinski definition) is 2. The maximum atomic E-state index is 13.1. The smallest absolute Gasteiger partial charge is 0.256 e. The summed E-state index contributed by atoms with van der Waals surface area (Å²) in [5.74, 6) is 0.627. The van der Waals surface area contributed by atoms with E-state index in [1.54, 1.807) is 0 Å². The Morgan fingerprint density at radius 1 is 1.10 bits per heavy atom. The molecule has 0 bridgehead atoms. The fourth-order valence-electron chi connectivity index (χ4n) is 5.06. The van der Waals surface area contributed by atoms with Crippen LogP contribution in [0.25, 0.3) is 0 Å². The second-order valence-electron chi connectivity index (χ2n) is 8.71. The number of benzene rings is 1. The van der Waals surface area contributed by atoms with Gasteiger partial charge in [0.2, 0.25) is 5.91 Å². The SMILES string of the molecule is NC[C@H]1CC[C@@H](C(=O)N2CCCc3c(NC(=O)CC4CCCCC4)cccc32)O1. The summed E-state index contributed by atoms with van der Waals surface area (Å²) in [6, 6.07) is 5.87. The molecule has 0 radical (unpaired) electrons. The highest BCUT2D eigenvalue weighted by molar-refractivity contribution is 6.00. The molecule has 4 rings (SSSR count). The molecule has 1 saturated heterocycles. The van der Waals surface area contributed by atoms with Crippen LogP contribution in [0.4, 0.5) is 11.4 Å². The zero-order valence-corrected chi connectivity index (χ0v) is 17.2. The standard InChI is InChI=1S/C23H33N3O3/c24-15-17-11-12-21(29-17)23(28)26-13-5-8-18-19(9-4-10-20(18)26)25-22(27)14-16-6-2-1-3-7-16/h4,9-10,16-17,21H,1-3,5-8,11-15,24H2,(H,25,27)/t17-,21+/m1/s1. The van der Waals surface area contributed by atoms with Gasteiger partial charge < -0.3 is 20.7 Å². The number of fused-ring (bicyclic) bond motifs is 1. The van der Waals surface area contributed by atoms with Gasteiger partial charge in [0.15, 0.2) is 0 Å². The Bertz CT molecular complexity index is 745. The van der Waals surface area contributed by atoms with E-state index in [9.17, 15) is 9.59 Å². The number of nitrogens with one attached hydrogen (secondary N) is 1. The Balaban J connectivity index is 1.46. The number of hydrogen-bond acceptors (Lipinski definition) is 4. The molecule has 0 unspecified atom stereocenters. The number of ether oxygens (including phenoxy) is 1. The maximum absolute atomic E-state index is 13.1. The van der Waals surface area contributed by atoms with Crippen molar-refractivity contribution in [3.63, 3.8) is 0 Å². The molecule has 158 valence electrons. The quantitative estimate of drug-likeness (QED) is 0.795. The van der Waals surface area contributed by atoms with Gasteiger partial charge in [-0.05, 0) is 62.1 Å². The molecule has 2 atom stereocenters. The van der Waals surface area contributed by atoms with Crippen LogP contribution in [0.1, 0.15) is 63.4 Å². The van der Waals surface area contributed by atoms with Crippen LogP contribution in [0.2, 0.25) is 0 Å². The van der Waals surface area contributed by atoms with Gasteiger partial charge in [-0.1, -0.05) is 25.3 Å². The molecular weight excluding hydrogens is 366 g/mol. The third-order valence-electron chi connectivity index (χ3n) is 6.64. The molecule has 1 saturated carbocycles. The molecule has 29 heavy (non-hydrogen) atoms. The van der Waals surface area contributed by atoms with E-state index >= 15 is 0 Å². The van der Waals surface area contributed by atoms with E-state index in [0.29, 0.717) is 25.4 Å². The largest absolute Gasteiger partial charge is 0.364 e. The van der Waals surface area contributed by atoms with Gasteiger partial charge in [-0.3, -0.25) is 9.59 Å². The monoisotopic (exact) mass is 399 g/mol. The first-order valence-corrected chi connectivity index (χ1v) is 11.2. The van der Waals surface area contributed by atoms with Gasteiger partial charge in [-0.15, -0.1) is 0 Å². The first-order chi connectivity index (χ1) is 14.2. The minimum absolute atomic E-state index is 0.0152. The second kappa shape index (κ2) is 9.26. The summed E-state index contributed by atoms with van der Waals surface area (Å²) in [6.07, 6.45) is 9.60. The number of carbonyl (C=O) groups excluding carboxylic acids is 2. The Hall–Kier alpha value is -1.92. The van der Waals surface area contributed by atoms with Crippen molar-refractivity contribution in [3.8, 4) is 0 Å². The minimum atomic E-state index is -0.404. The first kappa shape index (κ1) is 20.4. The van der Waals surface area contributed by atoms with Crippen molar-refractivity contribution in [1.29, 1.82) is 0 Å². The van der Waals surface area contributed by atoms with Crippen molar-refractivity contribution in [3.05, 3.63) is 23.8 Å². The normalized spacial score (nSPS) is 24.9. The number of rotatable bonds is 5. The van der Waals surface area contributed by atoms with Crippen molar-refractivity contribution in [2.45, 2.75) is 76.4 Å². The molecule has 3 aliphatic rings. The van der Waals surface area contributed by atoms with E-state index in [4.69, 9.17) is 10.5 Å². The van der Waals surface area contributed by atoms with E-state index in [1.807, 2.05) is 23.1 Å². The molecule has 2 amide bonds. The third kappa shape index (κ3) is 4.64. The van der Waals surface area contributed by atoms with Crippen LogP contribution in [0.5, 0.6) is 0 Å². The number of nitrogens with two attached hydrogens (primary N) is 1. The summed E-state index contributed by atoms with van der Waals surface area (Å²) in [4.78, 5) is 27.6. The van der Waals surface area contributed by atoms with Gasteiger partial charge in [0.25, 0.3) is 5.91 Å². The van der Waals surface area contributed by atoms with Gasteiger partial charge in [0.1, 0.15) is 6.10 Å². The predicted octanol–water partition coefficient (Wildman–Crippen LogP) is 3.38. The predicted molar refractivity (Wildman–Crippen MR) is 114 cm³/mol. The lowest BCUT2D eigenvalue weighted by molar-refractivity contribution is -0.129. The van der Waals surface area contributed by atoms with Crippen LogP contribution in [-0.4, -0.2) is 37.1 Å². The minimum Gasteiger partial charge on any atom is -0.364 e. The van der Waals surface area contributed by atoms with Crippen molar-refractivity contribution >= 4 is 23.2 Å². The lowest BCUT2D eigenvalue weighted by atomic mass is 9.87. The van der Waals surface area contributed by atoms with Crippen LogP contribution in [0, 0.1) is 5.92 Å². The Morgan fingerprint density at radius 3 is 2.69 bits per heavy atom. The average molecular weight is 400 g/mol. The van der Waals surface area contributed by atoms with Gasteiger partial charge in [-0.25, -0.2) is 0 Å². The maximum Gasteiger partial charge on any atom is 0.256 e. The van der Waals surface area contributed by atoms with Crippen molar-refractivity contribution in [1.82, 2.24) is 0 Å².